The van der Waals surface area contributed by atoms with Gasteiger partial charge in [-0.05, 0) is 36.6 Å². The first-order valence-electron chi connectivity index (χ1n) is 7.91. The molecule has 0 amide bonds. The molecule has 0 saturated carbocycles. The van der Waals surface area contributed by atoms with Crippen molar-refractivity contribution in [3.05, 3.63) is 36.7 Å². The van der Waals surface area contributed by atoms with Crippen molar-refractivity contribution in [3.63, 3.8) is 0 Å². The van der Waals surface area contributed by atoms with Crippen molar-refractivity contribution >= 4 is 0 Å². The summed E-state index contributed by atoms with van der Waals surface area (Å²) in [6.07, 6.45) is 5.49. The molecule has 1 atom stereocenters. The van der Waals surface area contributed by atoms with E-state index in [9.17, 15) is 0 Å². The van der Waals surface area contributed by atoms with Crippen molar-refractivity contribution in [2.75, 3.05) is 13.2 Å². The average Bonchev–Trinajstić information content (AvgIpc) is 2.58. The summed E-state index contributed by atoms with van der Waals surface area (Å²) in [7, 11) is 0. The van der Waals surface area contributed by atoms with E-state index in [0.717, 1.165) is 36.5 Å². The van der Waals surface area contributed by atoms with Crippen LogP contribution >= 0.6 is 0 Å². The lowest BCUT2D eigenvalue weighted by Crippen LogP contribution is -2.07. The number of ether oxygens (including phenoxy) is 2. The van der Waals surface area contributed by atoms with Gasteiger partial charge in [-0.15, -0.1) is 0 Å². The fraction of sp³-hybridized carbons (Fsp3) is 0.444. The van der Waals surface area contributed by atoms with E-state index in [-0.39, 0.29) is 0 Å². The SMILES string of the molecule is CCCOc1cnc(-c2ccc(OCC(C)CC)cc2)cn1. The fourth-order valence-electron chi connectivity index (χ4n) is 1.82. The molecule has 0 aliphatic rings. The van der Waals surface area contributed by atoms with Crippen LogP contribution in [0.15, 0.2) is 36.7 Å². The maximum atomic E-state index is 5.76. The van der Waals surface area contributed by atoms with Gasteiger partial charge in [0.15, 0.2) is 0 Å². The van der Waals surface area contributed by atoms with Crippen molar-refractivity contribution in [3.8, 4) is 22.9 Å². The second-order valence-electron chi connectivity index (χ2n) is 5.44. The van der Waals surface area contributed by atoms with E-state index in [1.54, 1.807) is 12.4 Å². The second kappa shape index (κ2) is 8.37. The second-order valence-corrected chi connectivity index (χ2v) is 5.44. The third-order valence-electron chi connectivity index (χ3n) is 3.46. The van der Waals surface area contributed by atoms with Gasteiger partial charge in [0.05, 0.1) is 31.3 Å². The van der Waals surface area contributed by atoms with Gasteiger partial charge < -0.3 is 9.47 Å². The van der Waals surface area contributed by atoms with Crippen molar-refractivity contribution < 1.29 is 9.47 Å². The van der Waals surface area contributed by atoms with Crippen LogP contribution in [-0.4, -0.2) is 23.2 Å². The lowest BCUT2D eigenvalue weighted by molar-refractivity contribution is 0.256. The van der Waals surface area contributed by atoms with Gasteiger partial charge in [0.25, 0.3) is 0 Å². The Labute approximate surface area is 132 Å². The Morgan fingerprint density at radius 2 is 1.77 bits per heavy atom. The Hall–Kier alpha value is -2.10. The smallest absolute Gasteiger partial charge is 0.232 e. The largest absolute Gasteiger partial charge is 0.493 e. The number of hydrogen-bond donors (Lipinski definition) is 0. The molecule has 1 aromatic heterocycles. The normalized spacial score (nSPS) is 12.0. The summed E-state index contributed by atoms with van der Waals surface area (Å²) in [6.45, 7) is 7.83. The van der Waals surface area contributed by atoms with E-state index < -0.39 is 0 Å². The van der Waals surface area contributed by atoms with Gasteiger partial charge >= 0.3 is 0 Å². The van der Waals surface area contributed by atoms with Crippen LogP contribution in [0, 0.1) is 5.92 Å². The molecule has 1 unspecified atom stereocenters. The van der Waals surface area contributed by atoms with Crippen LogP contribution < -0.4 is 9.47 Å². The quantitative estimate of drug-likeness (QED) is 0.726. The molecular formula is C18H24N2O2. The van der Waals surface area contributed by atoms with Gasteiger partial charge in [0, 0.05) is 5.56 Å². The summed E-state index contributed by atoms with van der Waals surface area (Å²) in [5.41, 5.74) is 1.85. The van der Waals surface area contributed by atoms with Crippen LogP contribution in [0.3, 0.4) is 0 Å². The van der Waals surface area contributed by atoms with Gasteiger partial charge in [-0.1, -0.05) is 27.2 Å². The number of aromatic nitrogens is 2. The zero-order valence-corrected chi connectivity index (χ0v) is 13.6. The first-order valence-corrected chi connectivity index (χ1v) is 7.91. The predicted octanol–water partition coefficient (Wildman–Crippen LogP) is 4.36. The highest BCUT2D eigenvalue weighted by Crippen LogP contribution is 2.21. The summed E-state index contributed by atoms with van der Waals surface area (Å²) in [6, 6.07) is 7.95. The standard InChI is InChI=1S/C18H24N2O2/c1-4-10-21-18-12-19-17(11-20-18)15-6-8-16(9-7-15)22-13-14(3)5-2/h6-9,11-12,14H,4-5,10,13H2,1-3H3. The first-order chi connectivity index (χ1) is 10.7. The molecule has 118 valence electrons. The summed E-state index contributed by atoms with van der Waals surface area (Å²) >= 11 is 0. The minimum atomic E-state index is 0.569. The first kappa shape index (κ1) is 16.3. The molecule has 0 N–H and O–H groups in total. The van der Waals surface area contributed by atoms with Gasteiger partial charge in [-0.3, -0.25) is 0 Å². The predicted molar refractivity (Wildman–Crippen MR) is 88.2 cm³/mol. The molecule has 2 rings (SSSR count). The Bertz CT molecular complexity index is 552. The highest BCUT2D eigenvalue weighted by molar-refractivity contribution is 5.59. The summed E-state index contributed by atoms with van der Waals surface area (Å²) in [4.78, 5) is 8.66. The highest BCUT2D eigenvalue weighted by atomic mass is 16.5. The average molecular weight is 300 g/mol. The van der Waals surface area contributed by atoms with Crippen molar-refractivity contribution in [2.45, 2.75) is 33.6 Å². The van der Waals surface area contributed by atoms with Crippen LogP contribution in [0.1, 0.15) is 33.6 Å². The molecule has 0 fully saturated rings. The molecule has 0 aliphatic heterocycles. The number of hydrogen-bond acceptors (Lipinski definition) is 4. The molecule has 0 spiro atoms. The van der Waals surface area contributed by atoms with Gasteiger partial charge in [0.2, 0.25) is 5.88 Å². The molecule has 0 aliphatic carbocycles. The van der Waals surface area contributed by atoms with E-state index in [4.69, 9.17) is 9.47 Å². The lowest BCUT2D eigenvalue weighted by Gasteiger charge is -2.11. The summed E-state index contributed by atoms with van der Waals surface area (Å²) in [5, 5.41) is 0. The number of nitrogens with zero attached hydrogens (tertiary/aromatic N) is 2. The minimum Gasteiger partial charge on any atom is -0.493 e. The highest BCUT2D eigenvalue weighted by Gasteiger charge is 2.04. The maximum Gasteiger partial charge on any atom is 0.232 e. The van der Waals surface area contributed by atoms with Crippen LogP contribution in [0.2, 0.25) is 0 Å². The van der Waals surface area contributed by atoms with Crippen molar-refractivity contribution in [2.24, 2.45) is 5.92 Å². The van der Waals surface area contributed by atoms with E-state index >= 15 is 0 Å². The van der Waals surface area contributed by atoms with Crippen LogP contribution in [0.25, 0.3) is 11.3 Å². The van der Waals surface area contributed by atoms with E-state index in [0.29, 0.717) is 18.4 Å². The Kier molecular flexibility index (Phi) is 6.19. The van der Waals surface area contributed by atoms with E-state index in [1.165, 1.54) is 0 Å². The molecule has 0 saturated heterocycles. The van der Waals surface area contributed by atoms with Crippen molar-refractivity contribution in [1.82, 2.24) is 9.97 Å². The molecule has 4 heteroatoms. The fourth-order valence-corrected chi connectivity index (χ4v) is 1.82. The molecule has 4 nitrogen and oxygen atoms in total. The Morgan fingerprint density at radius 3 is 2.36 bits per heavy atom. The third kappa shape index (κ3) is 4.72. The Balaban J connectivity index is 1.97. The molecule has 22 heavy (non-hydrogen) atoms. The van der Waals surface area contributed by atoms with Crippen LogP contribution in [0.5, 0.6) is 11.6 Å². The van der Waals surface area contributed by atoms with E-state index in [1.807, 2.05) is 24.3 Å². The van der Waals surface area contributed by atoms with Gasteiger partial charge in [0.1, 0.15) is 5.75 Å². The topological polar surface area (TPSA) is 44.2 Å². The molecule has 2 aromatic rings. The summed E-state index contributed by atoms with van der Waals surface area (Å²) in [5.74, 6) is 2.03. The lowest BCUT2D eigenvalue weighted by atomic mass is 10.1. The summed E-state index contributed by atoms with van der Waals surface area (Å²) < 4.78 is 11.2. The molecular weight excluding hydrogens is 276 g/mol. The van der Waals surface area contributed by atoms with Crippen LogP contribution in [-0.2, 0) is 0 Å². The zero-order chi connectivity index (χ0) is 15.8. The monoisotopic (exact) mass is 300 g/mol. The maximum absolute atomic E-state index is 5.76. The van der Waals surface area contributed by atoms with Crippen molar-refractivity contribution in [1.29, 1.82) is 0 Å². The van der Waals surface area contributed by atoms with Gasteiger partial charge in [-0.25, -0.2) is 9.97 Å². The third-order valence-corrected chi connectivity index (χ3v) is 3.46. The number of rotatable bonds is 8. The molecule has 1 heterocycles. The molecule has 0 radical (unpaired) electrons. The Morgan fingerprint density at radius 1 is 1.00 bits per heavy atom. The van der Waals surface area contributed by atoms with Gasteiger partial charge in [-0.2, -0.15) is 0 Å². The van der Waals surface area contributed by atoms with Crippen LogP contribution in [0.4, 0.5) is 0 Å². The van der Waals surface area contributed by atoms with E-state index in [2.05, 4.69) is 30.7 Å². The molecule has 1 aromatic carbocycles. The minimum absolute atomic E-state index is 0.569. The molecule has 0 bridgehead atoms. The zero-order valence-electron chi connectivity index (χ0n) is 13.6. The number of benzene rings is 1.